The lowest BCUT2D eigenvalue weighted by molar-refractivity contribution is -0.144. The van der Waals surface area contributed by atoms with Gasteiger partial charge in [-0.2, -0.15) is 0 Å². The molecule has 0 aromatic rings. The number of urea groups is 1. The first-order valence-electron chi connectivity index (χ1n) is 7.03. The predicted octanol–water partition coefficient (Wildman–Crippen LogP) is 0.442. The second-order valence-electron chi connectivity index (χ2n) is 5.20. The summed E-state index contributed by atoms with van der Waals surface area (Å²) in [5.41, 5.74) is 4.99. The number of carbonyl (C=O) groups is 3. The van der Waals surface area contributed by atoms with E-state index in [1.165, 1.54) is 0 Å². The molecule has 1 rings (SSSR count). The topological polar surface area (TPSA) is 122 Å². The monoisotopic (exact) mass is 285 g/mol. The van der Waals surface area contributed by atoms with Crippen molar-refractivity contribution < 1.29 is 19.5 Å². The third-order valence-corrected chi connectivity index (χ3v) is 3.64. The van der Waals surface area contributed by atoms with Crippen LogP contribution in [0, 0.1) is 11.8 Å². The zero-order valence-electron chi connectivity index (χ0n) is 11.6. The van der Waals surface area contributed by atoms with Gasteiger partial charge < -0.3 is 21.5 Å². The summed E-state index contributed by atoms with van der Waals surface area (Å²) in [4.78, 5) is 33.1. The Morgan fingerprint density at radius 2 is 1.85 bits per heavy atom. The largest absolute Gasteiger partial charge is 0.481 e. The number of aliphatic carboxylic acids is 1. The maximum atomic E-state index is 11.5. The number of nitrogens with one attached hydrogen (secondary N) is 2. The van der Waals surface area contributed by atoms with Crippen molar-refractivity contribution in [1.82, 2.24) is 10.6 Å². The molecule has 5 N–H and O–H groups in total. The number of nitrogens with two attached hydrogens (primary N) is 1. The van der Waals surface area contributed by atoms with Gasteiger partial charge >= 0.3 is 12.0 Å². The second-order valence-corrected chi connectivity index (χ2v) is 5.20. The lowest BCUT2D eigenvalue weighted by Crippen LogP contribution is -2.42. The van der Waals surface area contributed by atoms with Crippen molar-refractivity contribution in [2.45, 2.75) is 38.5 Å². The minimum Gasteiger partial charge on any atom is -0.481 e. The highest BCUT2D eigenvalue weighted by Crippen LogP contribution is 2.29. The quantitative estimate of drug-likeness (QED) is 0.507. The normalized spacial score (nSPS) is 22.0. The van der Waals surface area contributed by atoms with Crippen molar-refractivity contribution in [3.63, 3.8) is 0 Å². The minimum absolute atomic E-state index is 0.00220. The molecule has 0 heterocycles. The van der Waals surface area contributed by atoms with Crippen LogP contribution in [0.4, 0.5) is 4.79 Å². The Hall–Kier alpha value is -1.79. The summed E-state index contributed by atoms with van der Waals surface area (Å²) in [6.07, 6.45) is 4.21. The zero-order chi connectivity index (χ0) is 15.0. The summed E-state index contributed by atoms with van der Waals surface area (Å²) >= 11 is 0. The summed E-state index contributed by atoms with van der Waals surface area (Å²) in [6.45, 7) is 0.750. The predicted molar refractivity (Wildman–Crippen MR) is 72.9 cm³/mol. The Morgan fingerprint density at radius 3 is 2.50 bits per heavy atom. The van der Waals surface area contributed by atoms with Crippen LogP contribution in [0.25, 0.3) is 0 Å². The maximum Gasteiger partial charge on any atom is 0.314 e. The average Bonchev–Trinajstić information content (AvgIpc) is 2.41. The fourth-order valence-corrected chi connectivity index (χ4v) is 2.53. The van der Waals surface area contributed by atoms with Crippen LogP contribution in [0.2, 0.25) is 0 Å². The Balaban J connectivity index is 2.22. The van der Waals surface area contributed by atoms with Crippen LogP contribution < -0.4 is 16.4 Å². The van der Waals surface area contributed by atoms with E-state index in [-0.39, 0.29) is 24.3 Å². The third kappa shape index (κ3) is 5.90. The molecule has 2 atom stereocenters. The van der Waals surface area contributed by atoms with E-state index < -0.39 is 11.9 Å². The van der Waals surface area contributed by atoms with Gasteiger partial charge in [-0.05, 0) is 25.2 Å². The molecule has 0 aliphatic heterocycles. The minimum atomic E-state index is -0.779. The van der Waals surface area contributed by atoms with E-state index in [2.05, 4.69) is 10.6 Å². The van der Waals surface area contributed by atoms with Crippen LogP contribution in [0.3, 0.4) is 0 Å². The van der Waals surface area contributed by atoms with E-state index in [1.54, 1.807) is 0 Å². The van der Waals surface area contributed by atoms with Gasteiger partial charge in [0.15, 0.2) is 0 Å². The number of hydrogen-bond donors (Lipinski definition) is 4. The highest BCUT2D eigenvalue weighted by Gasteiger charge is 2.30. The van der Waals surface area contributed by atoms with Gasteiger partial charge in [0.25, 0.3) is 0 Å². The van der Waals surface area contributed by atoms with Gasteiger partial charge in [-0.1, -0.05) is 12.8 Å². The molecular weight excluding hydrogens is 262 g/mol. The summed E-state index contributed by atoms with van der Waals surface area (Å²) in [7, 11) is 0. The van der Waals surface area contributed by atoms with Crippen molar-refractivity contribution in [2.75, 3.05) is 13.1 Å². The lowest BCUT2D eigenvalue weighted by atomic mass is 9.79. The van der Waals surface area contributed by atoms with Crippen LogP contribution in [0.15, 0.2) is 0 Å². The first-order chi connectivity index (χ1) is 9.50. The van der Waals surface area contributed by atoms with E-state index in [0.29, 0.717) is 25.9 Å². The van der Waals surface area contributed by atoms with E-state index in [0.717, 1.165) is 19.3 Å². The lowest BCUT2D eigenvalue weighted by Gasteiger charge is -2.28. The van der Waals surface area contributed by atoms with Gasteiger partial charge in [-0.15, -0.1) is 0 Å². The van der Waals surface area contributed by atoms with Crippen LogP contribution >= 0.6 is 0 Å². The molecular formula is C13H23N3O4. The van der Waals surface area contributed by atoms with Gasteiger partial charge in [0.2, 0.25) is 5.91 Å². The molecule has 0 spiro atoms. The highest BCUT2D eigenvalue weighted by molar-refractivity contribution is 5.75. The molecule has 2 unspecified atom stereocenters. The fourth-order valence-electron chi connectivity index (χ4n) is 2.53. The summed E-state index contributed by atoms with van der Waals surface area (Å²) in [6, 6.07) is -0.329. The van der Waals surface area contributed by atoms with E-state index >= 15 is 0 Å². The van der Waals surface area contributed by atoms with Crippen molar-refractivity contribution in [2.24, 2.45) is 17.6 Å². The Bertz CT molecular complexity index is 360. The van der Waals surface area contributed by atoms with Crippen molar-refractivity contribution >= 4 is 17.9 Å². The van der Waals surface area contributed by atoms with Gasteiger partial charge in [0, 0.05) is 19.5 Å². The molecule has 7 heteroatoms. The summed E-state index contributed by atoms with van der Waals surface area (Å²) < 4.78 is 0. The number of carboxylic acid groups (broad SMARTS) is 1. The molecule has 114 valence electrons. The summed E-state index contributed by atoms with van der Waals surface area (Å²) in [5.74, 6) is -1.53. The maximum absolute atomic E-state index is 11.5. The fraction of sp³-hybridized carbons (Fsp3) is 0.769. The number of primary amides is 1. The molecule has 1 saturated carbocycles. The smallest absolute Gasteiger partial charge is 0.314 e. The van der Waals surface area contributed by atoms with E-state index in [1.807, 2.05) is 0 Å². The molecule has 7 nitrogen and oxygen atoms in total. The van der Waals surface area contributed by atoms with Crippen LogP contribution in [-0.2, 0) is 9.59 Å². The zero-order valence-corrected chi connectivity index (χ0v) is 11.6. The Labute approximate surface area is 118 Å². The van der Waals surface area contributed by atoms with Gasteiger partial charge in [-0.3, -0.25) is 9.59 Å². The van der Waals surface area contributed by atoms with Gasteiger partial charge in [0.05, 0.1) is 5.92 Å². The summed E-state index contributed by atoms with van der Waals surface area (Å²) in [5, 5.41) is 14.4. The average molecular weight is 285 g/mol. The first kappa shape index (κ1) is 16.3. The molecule has 20 heavy (non-hydrogen) atoms. The van der Waals surface area contributed by atoms with Gasteiger partial charge in [0.1, 0.15) is 0 Å². The molecule has 0 saturated heterocycles. The van der Waals surface area contributed by atoms with Crippen LogP contribution in [0.1, 0.15) is 38.5 Å². The van der Waals surface area contributed by atoms with Gasteiger partial charge in [-0.25, -0.2) is 4.79 Å². The van der Waals surface area contributed by atoms with Crippen LogP contribution in [0.5, 0.6) is 0 Å². The number of amides is 3. The molecule has 0 aromatic carbocycles. The van der Waals surface area contributed by atoms with Crippen molar-refractivity contribution in [1.29, 1.82) is 0 Å². The number of hydrogen-bond acceptors (Lipinski definition) is 3. The Kier molecular flexibility index (Phi) is 6.83. The first-order valence-corrected chi connectivity index (χ1v) is 7.03. The second kappa shape index (κ2) is 8.39. The van der Waals surface area contributed by atoms with Crippen molar-refractivity contribution in [3.8, 4) is 0 Å². The third-order valence-electron chi connectivity index (χ3n) is 3.64. The molecule has 1 aliphatic carbocycles. The van der Waals surface area contributed by atoms with E-state index in [4.69, 9.17) is 10.8 Å². The standard InChI is InChI=1S/C13H23N3O4/c14-11(17)6-3-7-15-13(20)16-8-9-4-1-2-5-10(9)12(18)19/h9-10H,1-8H2,(H2,14,17)(H,18,19)(H2,15,16,20). The van der Waals surface area contributed by atoms with Crippen LogP contribution in [-0.4, -0.2) is 36.1 Å². The molecule has 0 radical (unpaired) electrons. The molecule has 0 aromatic heterocycles. The SMILES string of the molecule is NC(=O)CCCNC(=O)NCC1CCCCC1C(=O)O. The molecule has 3 amide bonds. The highest BCUT2D eigenvalue weighted by atomic mass is 16.4. The Morgan fingerprint density at radius 1 is 1.15 bits per heavy atom. The van der Waals surface area contributed by atoms with Crippen molar-refractivity contribution in [3.05, 3.63) is 0 Å². The molecule has 1 fully saturated rings. The number of carboxylic acids is 1. The molecule has 0 bridgehead atoms. The molecule has 1 aliphatic rings. The van der Waals surface area contributed by atoms with E-state index in [9.17, 15) is 14.4 Å². The number of rotatable bonds is 7. The number of carbonyl (C=O) groups excluding carboxylic acids is 2.